The number of rotatable bonds is 4. The molecule has 0 radical (unpaired) electrons. The number of nitrogens with two attached hydrogens (primary N) is 1. The van der Waals surface area contributed by atoms with Crippen molar-refractivity contribution in [3.8, 4) is 0 Å². The Morgan fingerprint density at radius 3 is 2.31 bits per heavy atom. The fourth-order valence-electron chi connectivity index (χ4n) is 2.37. The number of hydrogen-bond acceptors (Lipinski definition) is 3. The lowest BCUT2D eigenvalue weighted by Gasteiger charge is -2.37. The van der Waals surface area contributed by atoms with Gasteiger partial charge in [0.15, 0.2) is 0 Å². The quantitative estimate of drug-likeness (QED) is 0.730. The fourth-order valence-corrected chi connectivity index (χ4v) is 2.37. The molecule has 0 aromatic heterocycles. The molecule has 92 valence electrons. The molecule has 0 unspecified atom stereocenters. The zero-order valence-electron chi connectivity index (χ0n) is 10.2. The maximum atomic E-state index is 12.0. The molecular weight excluding hydrogens is 204 g/mol. The van der Waals surface area contributed by atoms with Gasteiger partial charge in [0.1, 0.15) is 6.29 Å². The summed E-state index contributed by atoms with van der Waals surface area (Å²) in [6.45, 7) is 3.44. The molecule has 1 saturated carbocycles. The van der Waals surface area contributed by atoms with Crippen molar-refractivity contribution in [2.24, 2.45) is 5.73 Å². The lowest BCUT2D eigenvalue weighted by molar-refractivity contribution is -0.140. The second kappa shape index (κ2) is 5.99. The van der Waals surface area contributed by atoms with Crippen molar-refractivity contribution < 1.29 is 9.59 Å². The first-order valence-electron chi connectivity index (χ1n) is 6.11. The monoisotopic (exact) mass is 226 g/mol. The van der Waals surface area contributed by atoms with Crippen molar-refractivity contribution in [2.45, 2.75) is 64.1 Å². The van der Waals surface area contributed by atoms with Gasteiger partial charge in [-0.05, 0) is 26.7 Å². The molecule has 4 heteroatoms. The molecular formula is C12H22N2O2. The van der Waals surface area contributed by atoms with Gasteiger partial charge in [0.05, 0.1) is 12.1 Å². The van der Waals surface area contributed by atoms with Crippen LogP contribution in [0.3, 0.4) is 0 Å². The summed E-state index contributed by atoms with van der Waals surface area (Å²) in [6.07, 6.45) is 6.33. The highest BCUT2D eigenvalue weighted by Crippen LogP contribution is 2.24. The van der Waals surface area contributed by atoms with Crippen LogP contribution in [0.15, 0.2) is 0 Å². The Kier molecular flexibility index (Phi) is 4.93. The van der Waals surface area contributed by atoms with Crippen LogP contribution >= 0.6 is 0 Å². The van der Waals surface area contributed by atoms with Crippen LogP contribution in [-0.2, 0) is 9.59 Å². The number of nitrogens with zero attached hydrogens (tertiary/aromatic N) is 1. The van der Waals surface area contributed by atoms with E-state index in [1.165, 1.54) is 6.42 Å². The van der Waals surface area contributed by atoms with Crippen molar-refractivity contribution in [3.63, 3.8) is 0 Å². The second-order valence-electron chi connectivity index (χ2n) is 4.70. The zero-order chi connectivity index (χ0) is 12.1. The van der Waals surface area contributed by atoms with Crippen molar-refractivity contribution in [2.75, 3.05) is 0 Å². The highest BCUT2D eigenvalue weighted by Gasteiger charge is 2.30. The highest BCUT2D eigenvalue weighted by atomic mass is 16.2. The van der Waals surface area contributed by atoms with E-state index in [4.69, 9.17) is 5.73 Å². The predicted molar refractivity (Wildman–Crippen MR) is 62.9 cm³/mol. The summed E-state index contributed by atoms with van der Waals surface area (Å²) in [4.78, 5) is 24.6. The molecule has 0 spiro atoms. The summed E-state index contributed by atoms with van der Waals surface area (Å²) < 4.78 is 0. The van der Waals surface area contributed by atoms with Crippen LogP contribution in [0.1, 0.15) is 46.0 Å². The van der Waals surface area contributed by atoms with Crippen molar-refractivity contribution in [1.82, 2.24) is 4.90 Å². The molecule has 2 atom stereocenters. The molecule has 16 heavy (non-hydrogen) atoms. The Morgan fingerprint density at radius 2 is 1.88 bits per heavy atom. The first-order chi connectivity index (χ1) is 7.57. The predicted octanol–water partition coefficient (Wildman–Crippen LogP) is 1.08. The van der Waals surface area contributed by atoms with E-state index in [1.807, 2.05) is 0 Å². The zero-order valence-corrected chi connectivity index (χ0v) is 10.2. The molecule has 0 aromatic carbocycles. The molecule has 1 aliphatic carbocycles. The summed E-state index contributed by atoms with van der Waals surface area (Å²) >= 11 is 0. The number of carbonyl (C=O) groups is 2. The third-order valence-corrected chi connectivity index (χ3v) is 3.25. The third-order valence-electron chi connectivity index (χ3n) is 3.25. The van der Waals surface area contributed by atoms with Crippen molar-refractivity contribution in [3.05, 3.63) is 0 Å². The van der Waals surface area contributed by atoms with Crippen LogP contribution in [-0.4, -0.2) is 35.2 Å². The van der Waals surface area contributed by atoms with Gasteiger partial charge < -0.3 is 15.4 Å². The largest absolute Gasteiger partial charge is 0.329 e. The number of carbonyl (C=O) groups excluding carboxylic acids is 2. The molecule has 1 fully saturated rings. The molecule has 2 N–H and O–H groups in total. The van der Waals surface area contributed by atoms with Gasteiger partial charge in [-0.25, -0.2) is 0 Å². The van der Waals surface area contributed by atoms with E-state index in [2.05, 4.69) is 0 Å². The molecule has 0 heterocycles. The molecule has 1 aliphatic rings. The Morgan fingerprint density at radius 1 is 1.31 bits per heavy atom. The Balaban J connectivity index is 2.76. The third kappa shape index (κ3) is 3.04. The van der Waals surface area contributed by atoms with Crippen molar-refractivity contribution in [1.29, 1.82) is 0 Å². The lowest BCUT2D eigenvalue weighted by atomic mass is 9.93. The van der Waals surface area contributed by atoms with Crippen LogP contribution in [0.2, 0.25) is 0 Å². The highest BCUT2D eigenvalue weighted by molar-refractivity contribution is 5.84. The smallest absolute Gasteiger partial charge is 0.240 e. The first kappa shape index (κ1) is 13.2. The van der Waals surface area contributed by atoms with Gasteiger partial charge in [-0.1, -0.05) is 19.3 Å². The fraction of sp³-hybridized carbons (Fsp3) is 0.833. The summed E-state index contributed by atoms with van der Waals surface area (Å²) in [5.41, 5.74) is 5.63. The van der Waals surface area contributed by atoms with Gasteiger partial charge in [-0.2, -0.15) is 0 Å². The molecule has 0 aliphatic heterocycles. The average molecular weight is 226 g/mol. The average Bonchev–Trinajstić information content (AvgIpc) is 2.30. The summed E-state index contributed by atoms with van der Waals surface area (Å²) in [5.74, 6) is -0.105. The lowest BCUT2D eigenvalue weighted by Crippen LogP contribution is -2.52. The summed E-state index contributed by atoms with van der Waals surface area (Å²) in [7, 11) is 0. The maximum absolute atomic E-state index is 12.0. The van der Waals surface area contributed by atoms with Crippen LogP contribution in [0.4, 0.5) is 0 Å². The van der Waals surface area contributed by atoms with E-state index < -0.39 is 6.04 Å². The normalized spacial score (nSPS) is 21.2. The van der Waals surface area contributed by atoms with Gasteiger partial charge >= 0.3 is 0 Å². The topological polar surface area (TPSA) is 63.4 Å². The Labute approximate surface area is 97.2 Å². The van der Waals surface area contributed by atoms with Crippen LogP contribution in [0, 0.1) is 0 Å². The van der Waals surface area contributed by atoms with Crippen LogP contribution < -0.4 is 5.73 Å². The minimum atomic E-state index is -0.524. The van der Waals surface area contributed by atoms with E-state index in [1.54, 1.807) is 18.7 Å². The number of hydrogen-bond donors (Lipinski definition) is 1. The standard InChI is InChI=1S/C12H22N2O2/c1-9(8-15)14(12(16)10(2)13)11-6-4-3-5-7-11/h8-11H,3-7,13H2,1-2H3/t9-,10-/m0/s1. The molecule has 0 aromatic rings. The van der Waals surface area contributed by atoms with Crippen LogP contribution in [0.25, 0.3) is 0 Å². The van der Waals surface area contributed by atoms with E-state index >= 15 is 0 Å². The van der Waals surface area contributed by atoms with Gasteiger partial charge in [0.25, 0.3) is 0 Å². The molecule has 1 amide bonds. The molecule has 1 rings (SSSR count). The van der Waals surface area contributed by atoms with Gasteiger partial charge in [0, 0.05) is 6.04 Å². The van der Waals surface area contributed by atoms with E-state index in [-0.39, 0.29) is 18.0 Å². The molecule has 4 nitrogen and oxygen atoms in total. The van der Waals surface area contributed by atoms with Gasteiger partial charge in [-0.15, -0.1) is 0 Å². The number of amides is 1. The van der Waals surface area contributed by atoms with E-state index in [0.29, 0.717) is 0 Å². The van der Waals surface area contributed by atoms with Crippen LogP contribution in [0.5, 0.6) is 0 Å². The maximum Gasteiger partial charge on any atom is 0.240 e. The van der Waals surface area contributed by atoms with Gasteiger partial charge in [0.2, 0.25) is 5.91 Å². The minimum absolute atomic E-state index is 0.105. The second-order valence-corrected chi connectivity index (χ2v) is 4.70. The van der Waals surface area contributed by atoms with E-state index in [9.17, 15) is 9.59 Å². The number of aldehydes is 1. The van der Waals surface area contributed by atoms with Gasteiger partial charge in [-0.3, -0.25) is 4.79 Å². The van der Waals surface area contributed by atoms with E-state index in [0.717, 1.165) is 32.0 Å². The molecule has 0 saturated heterocycles. The SMILES string of the molecule is C[C@H](N)C(=O)N(C1CCCCC1)[C@@H](C)C=O. The first-order valence-corrected chi connectivity index (χ1v) is 6.11. The Bertz CT molecular complexity index is 247. The molecule has 0 bridgehead atoms. The summed E-state index contributed by atoms with van der Waals surface area (Å²) in [5, 5.41) is 0. The Hall–Kier alpha value is -0.900. The summed E-state index contributed by atoms with van der Waals surface area (Å²) in [6, 6.07) is -0.682. The van der Waals surface area contributed by atoms with Crippen molar-refractivity contribution >= 4 is 12.2 Å². The minimum Gasteiger partial charge on any atom is -0.329 e.